The van der Waals surface area contributed by atoms with Crippen LogP contribution in [0.1, 0.15) is 108 Å². The van der Waals surface area contributed by atoms with E-state index in [4.69, 9.17) is 9.84 Å². The van der Waals surface area contributed by atoms with E-state index >= 15 is 0 Å². The van der Waals surface area contributed by atoms with Crippen LogP contribution in [0.2, 0.25) is 0 Å². The Labute approximate surface area is 176 Å². The Morgan fingerprint density at radius 3 is 1.89 bits per heavy atom. The number of hydrogen-bond acceptors (Lipinski definition) is 5. The fourth-order valence-electron chi connectivity index (χ4n) is 3.41. The number of rotatable bonds is 19. The molecule has 0 unspecified atom stereocenters. The molecular formula is C23H41NO3S. The second-order valence-corrected chi connectivity index (χ2v) is 8.58. The summed E-state index contributed by atoms with van der Waals surface area (Å²) < 4.78 is 4.96. The molecule has 1 rings (SSSR count). The Balaban J connectivity index is 1.85. The van der Waals surface area contributed by atoms with Gasteiger partial charge in [-0.3, -0.25) is 4.79 Å². The number of carbonyl (C=O) groups excluding carboxylic acids is 1. The first kappa shape index (κ1) is 25.1. The van der Waals surface area contributed by atoms with Crippen LogP contribution in [0.15, 0.2) is 5.38 Å². The average molecular weight is 412 g/mol. The molecule has 0 aliphatic rings. The lowest BCUT2D eigenvalue weighted by Gasteiger charge is -2.03. The molecule has 0 aromatic carbocycles. The summed E-state index contributed by atoms with van der Waals surface area (Å²) in [4.78, 5) is 16.0. The molecule has 162 valence electrons. The largest absolute Gasteiger partial charge is 0.466 e. The molecule has 5 heteroatoms. The van der Waals surface area contributed by atoms with Crippen molar-refractivity contribution in [2.24, 2.45) is 0 Å². The second kappa shape index (κ2) is 18.1. The van der Waals surface area contributed by atoms with E-state index in [0.29, 0.717) is 19.6 Å². The van der Waals surface area contributed by atoms with Gasteiger partial charge in [0.1, 0.15) is 0 Å². The first-order chi connectivity index (χ1) is 13.8. The van der Waals surface area contributed by atoms with Crippen LogP contribution in [-0.2, 0) is 22.4 Å². The van der Waals surface area contributed by atoms with Crippen molar-refractivity contribution < 1.29 is 14.6 Å². The van der Waals surface area contributed by atoms with Crippen molar-refractivity contribution in [2.45, 2.75) is 110 Å². The summed E-state index contributed by atoms with van der Waals surface area (Å²) in [5, 5.41) is 11.9. The first-order valence-corrected chi connectivity index (χ1v) is 12.3. The number of hydrogen-bond donors (Lipinski definition) is 1. The van der Waals surface area contributed by atoms with Gasteiger partial charge in [-0.1, -0.05) is 77.0 Å². The molecule has 0 saturated carbocycles. The smallest absolute Gasteiger partial charge is 0.311 e. The molecular weight excluding hydrogens is 370 g/mol. The molecule has 28 heavy (non-hydrogen) atoms. The minimum Gasteiger partial charge on any atom is -0.466 e. The highest BCUT2D eigenvalue weighted by atomic mass is 32.1. The minimum absolute atomic E-state index is 0.183. The maximum atomic E-state index is 11.5. The van der Waals surface area contributed by atoms with Gasteiger partial charge < -0.3 is 9.84 Å². The van der Waals surface area contributed by atoms with E-state index in [1.807, 2.05) is 12.3 Å². The molecule has 0 fully saturated rings. The molecule has 0 aliphatic carbocycles. The van der Waals surface area contributed by atoms with Crippen LogP contribution in [0.5, 0.6) is 0 Å². The number of thiazole rings is 1. The third kappa shape index (κ3) is 14.1. The molecule has 0 bridgehead atoms. The third-order valence-corrected chi connectivity index (χ3v) is 5.99. The molecule has 0 spiro atoms. The number of ether oxygens (including phenoxy) is 1. The van der Waals surface area contributed by atoms with Gasteiger partial charge in [0.05, 0.1) is 23.7 Å². The molecule has 0 saturated heterocycles. The fourth-order valence-corrected chi connectivity index (χ4v) is 4.25. The highest BCUT2D eigenvalue weighted by Crippen LogP contribution is 2.16. The number of aliphatic hydroxyl groups excluding tert-OH is 1. The monoisotopic (exact) mass is 411 g/mol. The third-order valence-electron chi connectivity index (χ3n) is 5.03. The summed E-state index contributed by atoms with van der Waals surface area (Å²) in [6, 6.07) is 0. The maximum absolute atomic E-state index is 11.5. The van der Waals surface area contributed by atoms with Gasteiger partial charge in [0, 0.05) is 12.0 Å². The topological polar surface area (TPSA) is 59.4 Å². The van der Waals surface area contributed by atoms with E-state index in [0.717, 1.165) is 23.5 Å². The molecule has 1 heterocycles. The van der Waals surface area contributed by atoms with E-state index in [1.54, 1.807) is 11.3 Å². The number of esters is 1. The number of carbonyl (C=O) groups is 1. The lowest BCUT2D eigenvalue weighted by atomic mass is 10.0. The Bertz CT molecular complexity index is 490. The Hall–Kier alpha value is -0.940. The van der Waals surface area contributed by atoms with E-state index in [2.05, 4.69) is 4.98 Å². The van der Waals surface area contributed by atoms with Crippen molar-refractivity contribution in [3.8, 4) is 0 Å². The zero-order valence-electron chi connectivity index (χ0n) is 17.9. The van der Waals surface area contributed by atoms with Crippen LogP contribution in [0, 0.1) is 0 Å². The zero-order valence-corrected chi connectivity index (χ0v) is 18.7. The normalized spacial score (nSPS) is 11.1. The fraction of sp³-hybridized carbons (Fsp3) is 0.826. The minimum atomic E-state index is -0.183. The predicted octanol–water partition coefficient (Wildman–Crippen LogP) is 6.24. The van der Waals surface area contributed by atoms with Crippen molar-refractivity contribution in [3.05, 3.63) is 16.1 Å². The standard InChI is InChI=1S/C23H41NO3S/c1-2-27-23(26)19-21-20-28-22(24-21)17-15-13-11-9-7-5-3-4-6-8-10-12-14-16-18-25/h20,25H,2-19H2,1H3. The van der Waals surface area contributed by atoms with Gasteiger partial charge >= 0.3 is 5.97 Å². The van der Waals surface area contributed by atoms with Gasteiger partial charge in [0.15, 0.2) is 0 Å². The van der Waals surface area contributed by atoms with Gasteiger partial charge in [-0.25, -0.2) is 4.98 Å². The van der Waals surface area contributed by atoms with Gasteiger partial charge in [-0.15, -0.1) is 11.3 Å². The molecule has 1 N–H and O–H groups in total. The summed E-state index contributed by atoms with van der Waals surface area (Å²) in [5.74, 6) is -0.183. The number of aromatic nitrogens is 1. The van der Waals surface area contributed by atoms with Crippen LogP contribution in [-0.4, -0.2) is 29.3 Å². The van der Waals surface area contributed by atoms with E-state index in [9.17, 15) is 4.79 Å². The van der Waals surface area contributed by atoms with Gasteiger partial charge in [-0.2, -0.15) is 0 Å². The number of aryl methyl sites for hydroxylation is 1. The van der Waals surface area contributed by atoms with Gasteiger partial charge in [0.25, 0.3) is 0 Å². The summed E-state index contributed by atoms with van der Waals surface area (Å²) >= 11 is 1.67. The second-order valence-electron chi connectivity index (χ2n) is 7.64. The van der Waals surface area contributed by atoms with Crippen LogP contribution < -0.4 is 0 Å². The summed E-state index contributed by atoms with van der Waals surface area (Å²) in [7, 11) is 0. The molecule has 0 amide bonds. The van der Waals surface area contributed by atoms with Crippen molar-refractivity contribution in [1.82, 2.24) is 4.98 Å². The van der Waals surface area contributed by atoms with Crippen molar-refractivity contribution in [2.75, 3.05) is 13.2 Å². The molecule has 0 atom stereocenters. The first-order valence-electron chi connectivity index (χ1n) is 11.5. The highest BCUT2D eigenvalue weighted by molar-refractivity contribution is 7.09. The summed E-state index contributed by atoms with van der Waals surface area (Å²) in [5.41, 5.74) is 0.851. The number of aliphatic hydroxyl groups is 1. The Kier molecular flexibility index (Phi) is 16.2. The van der Waals surface area contributed by atoms with Gasteiger partial charge in [0.2, 0.25) is 0 Å². The molecule has 1 aromatic rings. The van der Waals surface area contributed by atoms with Crippen molar-refractivity contribution in [1.29, 1.82) is 0 Å². The van der Waals surface area contributed by atoms with E-state index in [1.165, 1.54) is 83.5 Å². The van der Waals surface area contributed by atoms with E-state index < -0.39 is 0 Å². The van der Waals surface area contributed by atoms with Crippen LogP contribution in [0.4, 0.5) is 0 Å². The van der Waals surface area contributed by atoms with Crippen molar-refractivity contribution >= 4 is 17.3 Å². The SMILES string of the molecule is CCOC(=O)Cc1csc(CCCCCCCCCCCCCCCCO)n1. The maximum Gasteiger partial charge on any atom is 0.311 e. The summed E-state index contributed by atoms with van der Waals surface area (Å²) in [6.07, 6.45) is 19.5. The Morgan fingerprint density at radius 2 is 1.39 bits per heavy atom. The summed E-state index contributed by atoms with van der Waals surface area (Å²) in [6.45, 7) is 2.61. The average Bonchev–Trinajstić information content (AvgIpc) is 3.12. The number of nitrogens with zero attached hydrogens (tertiary/aromatic N) is 1. The highest BCUT2D eigenvalue weighted by Gasteiger charge is 2.08. The van der Waals surface area contributed by atoms with Crippen LogP contribution in [0.25, 0.3) is 0 Å². The lowest BCUT2D eigenvalue weighted by Crippen LogP contribution is -2.07. The Morgan fingerprint density at radius 1 is 0.893 bits per heavy atom. The zero-order chi connectivity index (χ0) is 20.3. The van der Waals surface area contributed by atoms with E-state index in [-0.39, 0.29) is 5.97 Å². The van der Waals surface area contributed by atoms with Crippen molar-refractivity contribution in [3.63, 3.8) is 0 Å². The molecule has 4 nitrogen and oxygen atoms in total. The molecule has 0 radical (unpaired) electrons. The number of unbranched alkanes of at least 4 members (excludes halogenated alkanes) is 13. The predicted molar refractivity (Wildman–Crippen MR) is 118 cm³/mol. The molecule has 1 aromatic heterocycles. The van der Waals surface area contributed by atoms with Gasteiger partial charge in [-0.05, 0) is 26.2 Å². The lowest BCUT2D eigenvalue weighted by molar-refractivity contribution is -0.142. The van der Waals surface area contributed by atoms with Crippen LogP contribution >= 0.6 is 11.3 Å². The molecule has 0 aliphatic heterocycles. The quantitative estimate of drug-likeness (QED) is 0.216. The van der Waals surface area contributed by atoms with Crippen LogP contribution in [0.3, 0.4) is 0 Å².